The van der Waals surface area contributed by atoms with E-state index in [9.17, 15) is 27.5 Å². The van der Waals surface area contributed by atoms with E-state index in [0.29, 0.717) is 13.0 Å². The molecular formula is C17H21FN2O5S. The van der Waals surface area contributed by atoms with Crippen LogP contribution in [0.3, 0.4) is 0 Å². The quantitative estimate of drug-likeness (QED) is 0.829. The van der Waals surface area contributed by atoms with Crippen molar-refractivity contribution >= 4 is 27.5 Å². The molecule has 1 aliphatic carbocycles. The minimum absolute atomic E-state index is 0.000292. The summed E-state index contributed by atoms with van der Waals surface area (Å²) in [5, 5.41) is 12.1. The Labute approximate surface area is 151 Å². The summed E-state index contributed by atoms with van der Waals surface area (Å²) in [6.07, 6.45) is 2.11. The molecule has 0 radical (unpaired) electrons. The van der Waals surface area contributed by atoms with E-state index >= 15 is 0 Å². The maximum atomic E-state index is 13.5. The van der Waals surface area contributed by atoms with Crippen LogP contribution in [-0.2, 0) is 14.6 Å². The number of rotatable bonds is 4. The van der Waals surface area contributed by atoms with E-state index in [-0.39, 0.29) is 28.8 Å². The molecule has 2 fully saturated rings. The standard InChI is InChI=1S/C17H21FN2O5S/c1-2-26(24,25)14-8-12(18)5-6-13(14)19-16(23)20-9-11-4-3-7-17(11,10-20)15(21)22/h5-6,8,11H,2-4,7,9-10H2,1H3,(H,19,23)(H,21,22)/t11-,17+/m0/s1. The molecule has 1 saturated heterocycles. The number of halogens is 1. The predicted molar refractivity (Wildman–Crippen MR) is 92.1 cm³/mol. The Kier molecular flexibility index (Phi) is 4.68. The average molecular weight is 384 g/mol. The van der Waals surface area contributed by atoms with Gasteiger partial charge in [0, 0.05) is 13.1 Å². The van der Waals surface area contributed by atoms with E-state index in [1.807, 2.05) is 0 Å². The number of hydrogen-bond acceptors (Lipinski definition) is 4. The molecule has 9 heteroatoms. The molecule has 2 aliphatic rings. The second kappa shape index (κ2) is 6.53. The predicted octanol–water partition coefficient (Wildman–Crippen LogP) is 2.34. The fourth-order valence-electron chi connectivity index (χ4n) is 4.00. The second-order valence-corrected chi connectivity index (χ2v) is 9.15. The zero-order valence-electron chi connectivity index (χ0n) is 14.4. The van der Waals surface area contributed by atoms with E-state index in [4.69, 9.17) is 0 Å². The van der Waals surface area contributed by atoms with Crippen molar-refractivity contribution in [2.24, 2.45) is 11.3 Å². The highest BCUT2D eigenvalue weighted by Crippen LogP contribution is 2.49. The lowest BCUT2D eigenvalue weighted by atomic mass is 9.81. The first-order valence-electron chi connectivity index (χ1n) is 8.51. The lowest BCUT2D eigenvalue weighted by Gasteiger charge is -2.23. The zero-order chi connectivity index (χ0) is 19.1. The fourth-order valence-corrected chi connectivity index (χ4v) is 5.06. The molecule has 0 spiro atoms. The monoisotopic (exact) mass is 384 g/mol. The number of benzene rings is 1. The maximum absolute atomic E-state index is 13.5. The van der Waals surface area contributed by atoms with Crippen LogP contribution in [-0.4, -0.2) is 49.3 Å². The molecular weight excluding hydrogens is 363 g/mol. The van der Waals surface area contributed by atoms with Crippen molar-refractivity contribution < 1.29 is 27.5 Å². The number of urea groups is 1. The van der Waals surface area contributed by atoms with Crippen molar-refractivity contribution in [3.8, 4) is 0 Å². The normalized spacial score (nSPS) is 25.2. The highest BCUT2D eigenvalue weighted by molar-refractivity contribution is 7.91. The Bertz CT molecular complexity index is 857. The molecule has 2 N–H and O–H groups in total. The van der Waals surface area contributed by atoms with Gasteiger partial charge in [-0.25, -0.2) is 17.6 Å². The van der Waals surface area contributed by atoms with Crippen molar-refractivity contribution in [2.75, 3.05) is 24.2 Å². The van der Waals surface area contributed by atoms with Crippen LogP contribution < -0.4 is 5.32 Å². The van der Waals surface area contributed by atoms with Crippen molar-refractivity contribution in [2.45, 2.75) is 31.1 Å². The third-order valence-electron chi connectivity index (χ3n) is 5.48. The van der Waals surface area contributed by atoms with Gasteiger partial charge in [-0.2, -0.15) is 0 Å². The summed E-state index contributed by atoms with van der Waals surface area (Å²) in [6, 6.07) is 2.59. The Balaban J connectivity index is 1.83. The Morgan fingerprint density at radius 1 is 1.42 bits per heavy atom. The van der Waals surface area contributed by atoms with E-state index in [0.717, 1.165) is 25.0 Å². The second-order valence-electron chi connectivity index (χ2n) is 6.91. The smallest absolute Gasteiger partial charge is 0.321 e. The van der Waals surface area contributed by atoms with Gasteiger partial charge in [-0.1, -0.05) is 13.3 Å². The van der Waals surface area contributed by atoms with Crippen molar-refractivity contribution in [1.29, 1.82) is 0 Å². The summed E-state index contributed by atoms with van der Waals surface area (Å²) < 4.78 is 37.8. The SMILES string of the molecule is CCS(=O)(=O)c1cc(F)ccc1NC(=O)N1C[C@@H]2CCC[C@@]2(C(=O)O)C1. The van der Waals surface area contributed by atoms with Crippen molar-refractivity contribution in [3.05, 3.63) is 24.0 Å². The molecule has 2 amide bonds. The minimum Gasteiger partial charge on any atom is -0.481 e. The molecule has 0 unspecified atom stereocenters. The van der Waals surface area contributed by atoms with Crippen molar-refractivity contribution in [1.82, 2.24) is 4.90 Å². The van der Waals surface area contributed by atoms with Crippen LogP contribution in [0, 0.1) is 17.2 Å². The summed E-state index contributed by atoms with van der Waals surface area (Å²) in [7, 11) is -3.73. The van der Waals surface area contributed by atoms with E-state index in [2.05, 4.69) is 5.32 Å². The summed E-state index contributed by atoms with van der Waals surface area (Å²) in [6.45, 7) is 1.84. The molecule has 0 aromatic heterocycles. The van der Waals surface area contributed by atoms with Crippen LogP contribution in [0.25, 0.3) is 0 Å². The first-order valence-corrected chi connectivity index (χ1v) is 10.2. The molecule has 1 aromatic rings. The molecule has 1 aromatic carbocycles. The summed E-state index contributed by atoms with van der Waals surface area (Å²) in [5.41, 5.74) is -0.918. The number of anilines is 1. The third-order valence-corrected chi connectivity index (χ3v) is 7.25. The summed E-state index contributed by atoms with van der Waals surface area (Å²) >= 11 is 0. The highest BCUT2D eigenvalue weighted by atomic mass is 32.2. The van der Waals surface area contributed by atoms with Crippen LogP contribution in [0.2, 0.25) is 0 Å². The molecule has 7 nitrogen and oxygen atoms in total. The van der Waals surface area contributed by atoms with Crippen molar-refractivity contribution in [3.63, 3.8) is 0 Å². The van der Waals surface area contributed by atoms with E-state index in [1.54, 1.807) is 0 Å². The highest BCUT2D eigenvalue weighted by Gasteiger charge is 2.55. The number of nitrogens with one attached hydrogen (secondary N) is 1. The van der Waals surface area contributed by atoms with Gasteiger partial charge >= 0.3 is 12.0 Å². The van der Waals surface area contributed by atoms with Crippen LogP contribution >= 0.6 is 0 Å². The molecule has 1 heterocycles. The van der Waals surface area contributed by atoms with Crippen LogP contribution in [0.4, 0.5) is 14.9 Å². The van der Waals surface area contributed by atoms with Crippen LogP contribution in [0.1, 0.15) is 26.2 Å². The number of carboxylic acid groups (broad SMARTS) is 1. The van der Waals surface area contributed by atoms with Gasteiger partial charge in [-0.3, -0.25) is 4.79 Å². The van der Waals surface area contributed by atoms with Gasteiger partial charge in [0.2, 0.25) is 0 Å². The topological polar surface area (TPSA) is 104 Å². The van der Waals surface area contributed by atoms with Gasteiger partial charge in [-0.05, 0) is 37.0 Å². The molecule has 2 atom stereocenters. The zero-order valence-corrected chi connectivity index (χ0v) is 15.2. The Hall–Kier alpha value is -2.16. The number of nitrogens with zero attached hydrogens (tertiary/aromatic N) is 1. The van der Waals surface area contributed by atoms with E-state index in [1.165, 1.54) is 17.9 Å². The lowest BCUT2D eigenvalue weighted by molar-refractivity contribution is -0.149. The average Bonchev–Trinajstić information content (AvgIpc) is 3.14. The van der Waals surface area contributed by atoms with Gasteiger partial charge in [-0.15, -0.1) is 0 Å². The lowest BCUT2D eigenvalue weighted by Crippen LogP contribution is -2.38. The maximum Gasteiger partial charge on any atom is 0.321 e. The summed E-state index contributed by atoms with van der Waals surface area (Å²) in [4.78, 5) is 25.4. The number of sulfone groups is 1. The Morgan fingerprint density at radius 3 is 2.77 bits per heavy atom. The molecule has 26 heavy (non-hydrogen) atoms. The van der Waals surface area contributed by atoms with Gasteiger partial charge in [0.25, 0.3) is 0 Å². The number of carboxylic acids is 1. The number of hydrogen-bond donors (Lipinski definition) is 2. The van der Waals surface area contributed by atoms with Gasteiger partial charge < -0.3 is 15.3 Å². The fraction of sp³-hybridized carbons (Fsp3) is 0.529. The first kappa shape index (κ1) is 18.6. The Morgan fingerprint density at radius 2 is 2.15 bits per heavy atom. The number of aliphatic carboxylic acids is 1. The van der Waals surface area contributed by atoms with Gasteiger partial charge in [0.05, 0.1) is 21.8 Å². The van der Waals surface area contributed by atoms with Crippen LogP contribution in [0.15, 0.2) is 23.1 Å². The number of carbonyl (C=O) groups is 2. The third kappa shape index (κ3) is 3.04. The molecule has 1 saturated carbocycles. The number of fused-ring (bicyclic) bond motifs is 1. The number of amides is 2. The van der Waals surface area contributed by atoms with Gasteiger partial charge in [0.15, 0.2) is 9.84 Å². The first-order chi connectivity index (χ1) is 12.2. The summed E-state index contributed by atoms with van der Waals surface area (Å²) in [5.74, 6) is -1.94. The largest absolute Gasteiger partial charge is 0.481 e. The van der Waals surface area contributed by atoms with Gasteiger partial charge in [0.1, 0.15) is 5.82 Å². The van der Waals surface area contributed by atoms with Crippen LogP contribution in [0.5, 0.6) is 0 Å². The molecule has 1 aliphatic heterocycles. The molecule has 142 valence electrons. The molecule has 0 bridgehead atoms. The number of carbonyl (C=O) groups excluding carboxylic acids is 1. The molecule has 3 rings (SSSR count). The number of likely N-dealkylation sites (tertiary alicyclic amines) is 1. The minimum atomic E-state index is -3.73. The van der Waals surface area contributed by atoms with E-state index < -0.39 is 33.1 Å².